The van der Waals surface area contributed by atoms with Crippen LogP contribution in [-0.4, -0.2) is 546 Å². The summed E-state index contributed by atoms with van der Waals surface area (Å²) >= 11 is 0. The summed E-state index contributed by atoms with van der Waals surface area (Å²) in [6, 6.07) is -9.67. The van der Waals surface area contributed by atoms with E-state index in [-0.39, 0.29) is 0 Å². The molecule has 9 aliphatic rings. The Morgan fingerprint density at radius 3 is 1.02 bits per heavy atom. The Hall–Kier alpha value is -4.49. The normalized spacial score (nSPS) is 45.8. The van der Waals surface area contributed by atoms with Crippen LogP contribution in [0.25, 0.3) is 0 Å². The Labute approximate surface area is 714 Å². The van der Waals surface area contributed by atoms with Crippen LogP contribution in [0.5, 0.6) is 0 Å². The highest BCUT2D eigenvalue weighted by molar-refractivity contribution is 5.75. The number of carbonyl (C=O) groups excluding carboxylic acids is 5. The molecular formula is C70H119N5O51. The summed E-state index contributed by atoms with van der Waals surface area (Å²) in [5, 5.41) is 326. The van der Waals surface area contributed by atoms with Crippen LogP contribution >= 0.6 is 0 Å². The van der Waals surface area contributed by atoms with Crippen molar-refractivity contribution in [2.75, 3.05) is 72.7 Å². The Bertz CT molecular complexity index is 3380. The SMILES string of the molecule is CC(=O)N[C@H]1[C@H](O[C@@H]([C@H](O)[C@H](CO)NC(C)=O)[C@H](O)CO)O[C@H](CO)[C@@H](O[C@@H]2O[C@H](CO[C@H]3O[C@H](CO[C@H]4O[C@H](CO)[C@@H](O)[C@H](O)[C@@H]4O)[C@@H](O)[C@H](O[C@H]4O[C@H](CO)[C@@H](O)[C@H](O)[C@@H]4O)[C@@H]3O)[C@@H](O[C@@H]3O[C@H](CO)[C@@H](O)[C@H](O)[C@H]3NC(C)=O)[C@H](O[C@H]3O[C@H](CO)[C@@H](O)[C@H](O)[C@@H]3O[C@@H]3O[C@H](CO)[C@@H](O[C@@H]4O[C@H](CO)[C@H](O)[C@H](O)[C@H]4NC(C)=O)[C@H](O)[C@H]3NC(C)=O)[C@@H]2O)[C@@H]1O. The molecule has 0 aromatic heterocycles. The van der Waals surface area contributed by atoms with Gasteiger partial charge in [-0.3, -0.25) is 24.0 Å². The molecule has 0 saturated carbocycles. The summed E-state index contributed by atoms with van der Waals surface area (Å²) in [7, 11) is 0. The maximum Gasteiger partial charge on any atom is 0.217 e. The van der Waals surface area contributed by atoms with E-state index in [1.54, 1.807) is 0 Å². The molecule has 9 fully saturated rings. The molecule has 126 heavy (non-hydrogen) atoms. The Kier molecular flexibility index (Phi) is 39.2. The van der Waals surface area contributed by atoms with E-state index in [1.807, 2.05) is 0 Å². The van der Waals surface area contributed by atoms with Crippen molar-refractivity contribution in [3.8, 4) is 0 Å². The number of carbonyl (C=O) groups is 5. The Morgan fingerprint density at radius 2 is 0.579 bits per heavy atom. The molecule has 5 amide bonds. The minimum Gasteiger partial charge on any atom is -0.394 e. The van der Waals surface area contributed by atoms with E-state index in [1.165, 1.54) is 0 Å². The first-order chi connectivity index (χ1) is 59.6. The van der Waals surface area contributed by atoms with E-state index < -0.39 is 403 Å². The van der Waals surface area contributed by atoms with Gasteiger partial charge in [-0.25, -0.2) is 0 Å². The van der Waals surface area contributed by atoms with E-state index >= 15 is 0 Å². The van der Waals surface area contributed by atoms with Gasteiger partial charge in [-0.1, -0.05) is 0 Å². The summed E-state index contributed by atoms with van der Waals surface area (Å²) in [6.07, 6.45) is -97.8. The van der Waals surface area contributed by atoms with Gasteiger partial charge in [0.15, 0.2) is 56.6 Å². The number of hydrogen-bond donors (Lipinski definition) is 33. The van der Waals surface area contributed by atoms with Crippen LogP contribution in [0.2, 0.25) is 0 Å². The third-order valence-corrected chi connectivity index (χ3v) is 22.5. The van der Waals surface area contributed by atoms with Crippen molar-refractivity contribution < 1.29 is 252 Å². The fourth-order valence-corrected chi connectivity index (χ4v) is 15.8. The predicted molar refractivity (Wildman–Crippen MR) is 390 cm³/mol. The monoisotopic (exact) mass is 1850 g/mol. The van der Waals surface area contributed by atoms with Gasteiger partial charge in [0, 0.05) is 34.6 Å². The smallest absolute Gasteiger partial charge is 0.217 e. The molecule has 56 nitrogen and oxygen atoms in total. The van der Waals surface area contributed by atoms with E-state index in [0.29, 0.717) is 0 Å². The number of rotatable bonds is 37. The van der Waals surface area contributed by atoms with Crippen LogP contribution in [0.4, 0.5) is 0 Å². The zero-order valence-corrected chi connectivity index (χ0v) is 68.0. The van der Waals surface area contributed by atoms with Crippen molar-refractivity contribution in [1.29, 1.82) is 0 Å². The third kappa shape index (κ3) is 24.2. The van der Waals surface area contributed by atoms with Gasteiger partial charge in [0.2, 0.25) is 29.5 Å². The van der Waals surface area contributed by atoms with Gasteiger partial charge >= 0.3 is 0 Å². The standard InChI is InChI=1S/C70H119N5O51/c1-17(85)71-22(6-76)37(91)55(23(90)7-77)120-64-35(74-20(4)88)47(101)57(30(14-84)116-64)122-69-54(108)60(125-70-61(50(104)42(96)28(12-82)115-70)126-65-36(75-21(5)89)46(100)56(29(13-83)117-65)121-62-33(72-18(2)86)44(98)38(92)24(8-78)111-62)58(123-63-34(73-19(3)87)45(99)39(93)25(9-79)112-63)32(119-69)16-110-67-53(107)59(124-68-52(106)49(103)41(95)27(11-81)114-68)43(97)31(118-67)15-109-66-51(105)48(102)40(94)26(10-80)113-66/h22-70,76-84,90-108H,6-16H2,1-5H3,(H,71,85)(H,72,86)(H,73,87)(H,74,88)(H,75,89)/t22-,23+,24+,25+,26+,27+,28+,29+,30+,31+,32+,33+,34+,35+,36+,37+,38-,39+,40+,41+,42+,43+,44+,45+,46+,47+,48-,49-,50-,51-,52-,53-,54-,55+,56+,57+,58+,59-,60+,61-,62-,63-,64-,65-,66-,67-,68+,69-,70+/m0/s1. The predicted octanol–water partition coefficient (Wildman–Crippen LogP) is -22.4. The largest absolute Gasteiger partial charge is 0.394 e. The van der Waals surface area contributed by atoms with Crippen LogP contribution in [0.1, 0.15) is 34.6 Å². The number of hydrogen-bond acceptors (Lipinski definition) is 51. The molecule has 0 aromatic carbocycles. The van der Waals surface area contributed by atoms with Crippen molar-refractivity contribution in [2.45, 2.75) is 335 Å². The Morgan fingerprint density at radius 1 is 0.270 bits per heavy atom. The van der Waals surface area contributed by atoms with Gasteiger partial charge in [-0.05, 0) is 0 Å². The minimum atomic E-state index is -2.81. The number of aliphatic hydroxyl groups excluding tert-OH is 28. The first kappa shape index (κ1) is 105. The highest BCUT2D eigenvalue weighted by atomic mass is 16.8. The van der Waals surface area contributed by atoms with Crippen LogP contribution in [-0.2, 0) is 109 Å². The molecule has 33 N–H and O–H groups in total. The summed E-state index contributed by atoms with van der Waals surface area (Å²) < 4.78 is 109. The van der Waals surface area contributed by atoms with Gasteiger partial charge in [-0.15, -0.1) is 0 Å². The van der Waals surface area contributed by atoms with E-state index in [9.17, 15) is 167 Å². The van der Waals surface area contributed by atoms with Crippen LogP contribution in [0.3, 0.4) is 0 Å². The average molecular weight is 1850 g/mol. The number of amides is 5. The minimum absolute atomic E-state index is 0.851. The van der Waals surface area contributed by atoms with Crippen molar-refractivity contribution in [1.82, 2.24) is 26.6 Å². The van der Waals surface area contributed by atoms with Crippen molar-refractivity contribution in [3.63, 3.8) is 0 Å². The van der Waals surface area contributed by atoms with Gasteiger partial charge in [-0.2, -0.15) is 0 Å². The van der Waals surface area contributed by atoms with Crippen LogP contribution in [0, 0.1) is 0 Å². The lowest BCUT2D eigenvalue weighted by Gasteiger charge is -2.52. The second-order valence-electron chi connectivity index (χ2n) is 31.5. The molecule has 9 rings (SSSR count). The van der Waals surface area contributed by atoms with E-state index in [0.717, 1.165) is 34.6 Å². The molecule has 9 saturated heterocycles. The van der Waals surface area contributed by atoms with Gasteiger partial charge in [0.1, 0.15) is 238 Å². The van der Waals surface area contributed by atoms with E-state index in [2.05, 4.69) is 26.6 Å². The third-order valence-electron chi connectivity index (χ3n) is 22.5. The summed E-state index contributed by atoms with van der Waals surface area (Å²) in [6.45, 7) is -8.33. The first-order valence-electron chi connectivity index (χ1n) is 40.0. The summed E-state index contributed by atoms with van der Waals surface area (Å²) in [5.41, 5.74) is 0. The molecule has 0 aromatic rings. The molecule has 9 aliphatic heterocycles. The lowest BCUT2D eigenvalue weighted by molar-refractivity contribution is -0.408. The number of nitrogens with one attached hydrogen (secondary N) is 5. The molecule has 49 atom stereocenters. The maximum atomic E-state index is 13.4. The number of ether oxygens (including phenoxy) is 18. The van der Waals surface area contributed by atoms with Crippen LogP contribution in [0.15, 0.2) is 0 Å². The summed E-state index contributed by atoms with van der Waals surface area (Å²) in [5.74, 6) is -4.80. The highest BCUT2D eigenvalue weighted by Crippen LogP contribution is 2.41. The molecule has 0 spiro atoms. The molecule has 0 bridgehead atoms. The average Bonchev–Trinajstić information content (AvgIpc) is 0.745. The van der Waals surface area contributed by atoms with Gasteiger partial charge in [0.25, 0.3) is 0 Å². The molecular weight excluding hydrogens is 1730 g/mol. The molecule has 730 valence electrons. The lowest BCUT2D eigenvalue weighted by Crippen LogP contribution is -2.71. The fourth-order valence-electron chi connectivity index (χ4n) is 15.8. The molecule has 56 heteroatoms. The van der Waals surface area contributed by atoms with Gasteiger partial charge < -0.3 is 255 Å². The Balaban J connectivity index is 1.18. The first-order valence-corrected chi connectivity index (χ1v) is 40.0. The van der Waals surface area contributed by atoms with E-state index in [4.69, 9.17) is 85.3 Å². The molecule has 0 radical (unpaired) electrons. The topological polar surface area (TPSA) is 878 Å². The molecule has 9 heterocycles. The zero-order chi connectivity index (χ0) is 93.2. The van der Waals surface area contributed by atoms with Crippen molar-refractivity contribution in [3.05, 3.63) is 0 Å². The zero-order valence-electron chi connectivity index (χ0n) is 68.0. The molecule has 0 unspecified atom stereocenters. The second-order valence-corrected chi connectivity index (χ2v) is 31.5. The quantitative estimate of drug-likeness (QED) is 0.0275. The lowest BCUT2D eigenvalue weighted by atomic mass is 9.93. The highest BCUT2D eigenvalue weighted by Gasteiger charge is 2.62. The summed E-state index contributed by atoms with van der Waals surface area (Å²) in [4.78, 5) is 64.3. The second kappa shape index (κ2) is 46.9. The van der Waals surface area contributed by atoms with Crippen LogP contribution < -0.4 is 26.6 Å². The van der Waals surface area contributed by atoms with Crippen molar-refractivity contribution >= 4 is 29.5 Å². The van der Waals surface area contributed by atoms with Gasteiger partial charge in [0.05, 0.1) is 78.7 Å². The maximum absolute atomic E-state index is 13.4. The fraction of sp³-hybridized carbons (Fsp3) is 0.929. The number of aliphatic hydroxyl groups is 28. The van der Waals surface area contributed by atoms with Crippen molar-refractivity contribution in [2.24, 2.45) is 0 Å². The molecule has 0 aliphatic carbocycles.